The van der Waals surface area contributed by atoms with Crippen LogP contribution >= 0.6 is 0 Å². The minimum absolute atomic E-state index is 0.0454. The molecule has 1 atom stereocenters. The van der Waals surface area contributed by atoms with Crippen molar-refractivity contribution in [3.05, 3.63) is 29.3 Å². The van der Waals surface area contributed by atoms with Gasteiger partial charge in [-0.05, 0) is 37.0 Å². The van der Waals surface area contributed by atoms with Crippen LogP contribution in [0, 0.1) is 19.8 Å². The second kappa shape index (κ2) is 6.78. The molecule has 0 aromatic heterocycles. The van der Waals surface area contributed by atoms with E-state index in [9.17, 15) is 9.59 Å². The number of rotatable bonds is 5. The van der Waals surface area contributed by atoms with E-state index < -0.39 is 5.97 Å². The molecule has 3 N–H and O–H groups in total. The lowest BCUT2D eigenvalue weighted by molar-refractivity contribution is -0.137. The van der Waals surface area contributed by atoms with Crippen LogP contribution in [0.2, 0.25) is 0 Å². The van der Waals surface area contributed by atoms with Gasteiger partial charge in [-0.1, -0.05) is 19.1 Å². The normalized spacial score (nSPS) is 11.7. The average Bonchev–Trinajstić information content (AvgIpc) is 2.30. The summed E-state index contributed by atoms with van der Waals surface area (Å²) in [7, 11) is 0. The van der Waals surface area contributed by atoms with E-state index in [1.54, 1.807) is 6.92 Å². The topological polar surface area (TPSA) is 78.4 Å². The van der Waals surface area contributed by atoms with Gasteiger partial charge in [-0.25, -0.2) is 4.79 Å². The Morgan fingerprint density at radius 3 is 2.63 bits per heavy atom. The van der Waals surface area contributed by atoms with Gasteiger partial charge in [0.1, 0.15) is 0 Å². The van der Waals surface area contributed by atoms with Crippen molar-refractivity contribution in [3.8, 4) is 0 Å². The van der Waals surface area contributed by atoms with Crippen molar-refractivity contribution >= 4 is 17.7 Å². The summed E-state index contributed by atoms with van der Waals surface area (Å²) in [6.07, 6.45) is 0.0454. The van der Waals surface area contributed by atoms with Crippen LogP contribution in [0.1, 0.15) is 24.5 Å². The number of nitrogens with one attached hydrogen (secondary N) is 2. The fourth-order valence-electron chi connectivity index (χ4n) is 1.67. The van der Waals surface area contributed by atoms with Gasteiger partial charge in [-0.2, -0.15) is 0 Å². The number of carboxylic acids is 1. The third-order valence-electron chi connectivity index (χ3n) is 2.78. The number of carbonyl (C=O) groups is 2. The van der Waals surface area contributed by atoms with E-state index in [1.165, 1.54) is 0 Å². The second-order valence-electron chi connectivity index (χ2n) is 4.86. The number of hydrogen-bond donors (Lipinski definition) is 3. The summed E-state index contributed by atoms with van der Waals surface area (Å²) in [4.78, 5) is 22.2. The van der Waals surface area contributed by atoms with Crippen LogP contribution in [0.5, 0.6) is 0 Å². The van der Waals surface area contributed by atoms with E-state index in [0.29, 0.717) is 6.54 Å². The fourth-order valence-corrected chi connectivity index (χ4v) is 1.67. The van der Waals surface area contributed by atoms with E-state index in [-0.39, 0.29) is 18.4 Å². The molecule has 2 amide bonds. The Kier molecular flexibility index (Phi) is 5.36. The number of aliphatic carboxylic acids is 1. The van der Waals surface area contributed by atoms with Crippen LogP contribution in [-0.2, 0) is 4.79 Å². The fraction of sp³-hybridized carbons (Fsp3) is 0.429. The SMILES string of the molecule is Cc1ccc(C)c(NC(=O)NCC(C)CC(=O)O)c1. The number of carboxylic acid groups (broad SMARTS) is 1. The molecule has 5 heteroatoms. The molecule has 1 rings (SSSR count). The van der Waals surface area contributed by atoms with Gasteiger partial charge in [0.15, 0.2) is 0 Å². The first-order chi connectivity index (χ1) is 8.88. The Balaban J connectivity index is 2.47. The standard InChI is InChI=1S/C14H20N2O3/c1-9-4-5-11(3)12(6-9)16-14(19)15-8-10(2)7-13(17)18/h4-6,10H,7-8H2,1-3H3,(H,17,18)(H2,15,16,19). The molecule has 0 saturated carbocycles. The molecule has 0 radical (unpaired) electrons. The van der Waals surface area contributed by atoms with Crippen molar-refractivity contribution in [1.29, 1.82) is 0 Å². The Bertz CT molecular complexity index is 472. The number of aryl methyl sites for hydroxylation is 2. The molecular weight excluding hydrogens is 244 g/mol. The van der Waals surface area contributed by atoms with Gasteiger partial charge in [0.25, 0.3) is 0 Å². The molecule has 0 fully saturated rings. The van der Waals surface area contributed by atoms with E-state index in [1.807, 2.05) is 32.0 Å². The molecule has 0 aliphatic heterocycles. The van der Waals surface area contributed by atoms with Gasteiger partial charge in [0.05, 0.1) is 0 Å². The maximum Gasteiger partial charge on any atom is 0.319 e. The van der Waals surface area contributed by atoms with Crippen LogP contribution in [-0.4, -0.2) is 23.7 Å². The van der Waals surface area contributed by atoms with Crippen molar-refractivity contribution in [2.75, 3.05) is 11.9 Å². The molecule has 0 spiro atoms. The summed E-state index contributed by atoms with van der Waals surface area (Å²) in [6.45, 7) is 5.99. The number of carbonyl (C=O) groups excluding carboxylic acids is 1. The first kappa shape index (κ1) is 15.0. The lowest BCUT2D eigenvalue weighted by Gasteiger charge is -2.13. The highest BCUT2D eigenvalue weighted by molar-refractivity contribution is 5.90. The molecule has 0 aliphatic rings. The molecular formula is C14H20N2O3. The predicted octanol–water partition coefficient (Wildman–Crippen LogP) is 2.54. The van der Waals surface area contributed by atoms with E-state index in [2.05, 4.69) is 10.6 Å². The summed E-state index contributed by atoms with van der Waals surface area (Å²) < 4.78 is 0. The van der Waals surface area contributed by atoms with Gasteiger partial charge in [0, 0.05) is 18.7 Å². The van der Waals surface area contributed by atoms with Gasteiger partial charge >= 0.3 is 12.0 Å². The zero-order valence-corrected chi connectivity index (χ0v) is 11.5. The summed E-state index contributed by atoms with van der Waals surface area (Å²) in [6, 6.07) is 5.51. The smallest absolute Gasteiger partial charge is 0.319 e. The van der Waals surface area contributed by atoms with Crippen molar-refractivity contribution in [2.45, 2.75) is 27.2 Å². The highest BCUT2D eigenvalue weighted by Gasteiger charge is 2.10. The highest BCUT2D eigenvalue weighted by Crippen LogP contribution is 2.16. The maximum absolute atomic E-state index is 11.7. The Morgan fingerprint density at radius 1 is 1.32 bits per heavy atom. The van der Waals surface area contributed by atoms with Crippen LogP contribution in [0.4, 0.5) is 10.5 Å². The van der Waals surface area contributed by atoms with E-state index >= 15 is 0 Å². The number of anilines is 1. The van der Waals surface area contributed by atoms with Crippen molar-refractivity contribution in [3.63, 3.8) is 0 Å². The minimum Gasteiger partial charge on any atom is -0.481 e. The quantitative estimate of drug-likeness (QED) is 0.764. The molecule has 19 heavy (non-hydrogen) atoms. The monoisotopic (exact) mass is 264 g/mol. The third kappa shape index (κ3) is 5.42. The number of benzene rings is 1. The second-order valence-corrected chi connectivity index (χ2v) is 4.86. The van der Waals surface area contributed by atoms with Gasteiger partial charge in [-0.15, -0.1) is 0 Å². The van der Waals surface area contributed by atoms with Crippen molar-refractivity contribution in [2.24, 2.45) is 5.92 Å². The zero-order chi connectivity index (χ0) is 14.4. The van der Waals surface area contributed by atoms with Gasteiger partial charge in [-0.3, -0.25) is 4.79 Å². The molecule has 0 saturated heterocycles. The van der Waals surface area contributed by atoms with Crippen LogP contribution in [0.3, 0.4) is 0 Å². The Labute approximate surface area is 113 Å². The Hall–Kier alpha value is -2.04. The molecule has 1 aromatic rings. The average molecular weight is 264 g/mol. The zero-order valence-electron chi connectivity index (χ0n) is 11.5. The molecule has 104 valence electrons. The first-order valence-corrected chi connectivity index (χ1v) is 6.22. The largest absolute Gasteiger partial charge is 0.481 e. The van der Waals surface area contributed by atoms with Crippen molar-refractivity contribution < 1.29 is 14.7 Å². The minimum atomic E-state index is -0.857. The van der Waals surface area contributed by atoms with Gasteiger partial charge < -0.3 is 15.7 Å². The molecule has 0 heterocycles. The third-order valence-corrected chi connectivity index (χ3v) is 2.78. The summed E-state index contributed by atoms with van der Waals surface area (Å²) in [5, 5.41) is 14.1. The first-order valence-electron chi connectivity index (χ1n) is 6.22. The van der Waals surface area contributed by atoms with Crippen molar-refractivity contribution in [1.82, 2.24) is 5.32 Å². The molecule has 0 bridgehead atoms. The van der Waals surface area contributed by atoms with Crippen LogP contribution in [0.15, 0.2) is 18.2 Å². The van der Waals surface area contributed by atoms with Crippen LogP contribution in [0.25, 0.3) is 0 Å². The van der Waals surface area contributed by atoms with E-state index in [0.717, 1.165) is 16.8 Å². The predicted molar refractivity (Wildman–Crippen MR) is 74.4 cm³/mol. The van der Waals surface area contributed by atoms with Gasteiger partial charge in [0.2, 0.25) is 0 Å². The number of amides is 2. The Morgan fingerprint density at radius 2 is 2.00 bits per heavy atom. The lowest BCUT2D eigenvalue weighted by atomic mass is 10.1. The number of urea groups is 1. The molecule has 1 unspecified atom stereocenters. The van der Waals surface area contributed by atoms with E-state index in [4.69, 9.17) is 5.11 Å². The maximum atomic E-state index is 11.7. The lowest BCUT2D eigenvalue weighted by Crippen LogP contribution is -2.33. The number of hydrogen-bond acceptors (Lipinski definition) is 2. The molecule has 0 aliphatic carbocycles. The summed E-state index contributed by atoms with van der Waals surface area (Å²) in [5.41, 5.74) is 2.82. The van der Waals surface area contributed by atoms with Crippen LogP contribution < -0.4 is 10.6 Å². The summed E-state index contributed by atoms with van der Waals surface area (Å²) in [5.74, 6) is -0.953. The highest BCUT2D eigenvalue weighted by atomic mass is 16.4. The summed E-state index contributed by atoms with van der Waals surface area (Å²) >= 11 is 0. The molecule has 1 aromatic carbocycles. The molecule has 5 nitrogen and oxygen atoms in total.